The maximum Gasteiger partial charge on any atom is 0.136 e. The third-order valence-electron chi connectivity index (χ3n) is 16.0. The molecule has 0 fully saturated rings. The van der Waals surface area contributed by atoms with E-state index in [1.807, 2.05) is 17.8 Å². The number of anilines is 3. The van der Waals surface area contributed by atoms with Gasteiger partial charge in [0.05, 0.1) is 10.8 Å². The van der Waals surface area contributed by atoms with Gasteiger partial charge in [0.1, 0.15) is 22.7 Å². The second kappa shape index (κ2) is 14.8. The quantitative estimate of drug-likeness (QED) is 0.176. The first-order valence-corrected chi connectivity index (χ1v) is 25.5. The molecule has 4 heteroatoms. The average molecular weight is 936 g/mol. The highest BCUT2D eigenvalue weighted by Gasteiger charge is 2.52. The maximum atomic E-state index is 6.69. The summed E-state index contributed by atoms with van der Waals surface area (Å²) >= 11 is 1.88. The molecule has 72 heavy (non-hydrogen) atoms. The second-order valence-electron chi connectivity index (χ2n) is 19.4. The molecule has 0 saturated carbocycles. The summed E-state index contributed by atoms with van der Waals surface area (Å²) in [5, 5.41) is 2.26. The molecule has 1 aromatic heterocycles. The van der Waals surface area contributed by atoms with E-state index in [9.17, 15) is 0 Å². The molecule has 16 rings (SSSR count). The van der Waals surface area contributed by atoms with Gasteiger partial charge in [-0.15, -0.1) is 0 Å². The zero-order valence-electron chi connectivity index (χ0n) is 38.8. The third-order valence-corrected chi connectivity index (χ3v) is 17.2. The van der Waals surface area contributed by atoms with E-state index in [0.717, 1.165) is 72.8 Å². The van der Waals surface area contributed by atoms with Crippen LogP contribution in [0, 0.1) is 0 Å². The lowest BCUT2D eigenvalue weighted by Crippen LogP contribution is -2.32. The molecule has 2 spiro atoms. The summed E-state index contributed by atoms with van der Waals surface area (Å²) in [4.78, 5) is 5.06. The first kappa shape index (κ1) is 40.0. The summed E-state index contributed by atoms with van der Waals surface area (Å²) in [5.41, 5.74) is 21.3. The van der Waals surface area contributed by atoms with Gasteiger partial charge in [0, 0.05) is 48.8 Å². The number of hydrogen-bond donors (Lipinski definition) is 0. The lowest BCUT2D eigenvalue weighted by atomic mass is 9.66. The Kier molecular flexibility index (Phi) is 8.24. The molecular weight excluding hydrogens is 895 g/mol. The molecule has 336 valence electrons. The Hall–Kier alpha value is -8.83. The van der Waals surface area contributed by atoms with Gasteiger partial charge in [-0.05, 0) is 140 Å². The first-order valence-electron chi connectivity index (χ1n) is 24.7. The predicted octanol–water partition coefficient (Wildman–Crippen LogP) is 18.0. The van der Waals surface area contributed by atoms with E-state index in [4.69, 9.17) is 9.15 Å². The van der Waals surface area contributed by atoms with Gasteiger partial charge in [0.2, 0.25) is 0 Å². The van der Waals surface area contributed by atoms with E-state index in [0.29, 0.717) is 0 Å². The van der Waals surface area contributed by atoms with Crippen LogP contribution in [0.25, 0.3) is 55.3 Å². The molecule has 0 saturated heterocycles. The van der Waals surface area contributed by atoms with E-state index in [2.05, 4.69) is 248 Å². The molecule has 2 aliphatic carbocycles. The van der Waals surface area contributed by atoms with E-state index in [-0.39, 0.29) is 0 Å². The number of fused-ring (bicyclic) bond motifs is 21. The standard InChI is InChI=1S/C68H41NO2S/c1-4-20-52-47(16-1)49-38-36-45(41-59(49)68(52)57-24-8-13-30-64(57)72-65-31-14-9-25-58(65)68)69(43-34-32-42(33-35-43)46-19-15-29-63-66(46)50-18-3-10-26-60(50)70-63)44-37-39-54-51(40-44)48-17-2-5-21-53(48)67(54)55-22-6-11-27-61(55)71-62-28-12-7-23-56(62)67/h1-41H. The Morgan fingerprint density at radius 3 is 1.51 bits per heavy atom. The number of nitrogens with zero attached hydrogens (tertiary/aromatic N) is 1. The van der Waals surface area contributed by atoms with Gasteiger partial charge in [-0.25, -0.2) is 0 Å². The zero-order valence-corrected chi connectivity index (χ0v) is 39.7. The van der Waals surface area contributed by atoms with E-state index in [1.54, 1.807) is 0 Å². The molecule has 2 aliphatic heterocycles. The van der Waals surface area contributed by atoms with Crippen molar-refractivity contribution in [2.75, 3.05) is 4.90 Å². The molecule has 0 unspecified atom stereocenters. The van der Waals surface area contributed by atoms with Crippen LogP contribution in [0.4, 0.5) is 17.1 Å². The number of furan rings is 1. The first-order chi connectivity index (χ1) is 35.7. The van der Waals surface area contributed by atoms with Crippen molar-refractivity contribution in [1.82, 2.24) is 0 Å². The number of rotatable bonds is 4. The second-order valence-corrected chi connectivity index (χ2v) is 20.5. The number of ether oxygens (including phenoxy) is 1. The summed E-state index contributed by atoms with van der Waals surface area (Å²) in [6, 6.07) is 91.6. The van der Waals surface area contributed by atoms with E-state index < -0.39 is 10.8 Å². The Balaban J connectivity index is 0.942. The number of hydrogen-bond acceptors (Lipinski definition) is 4. The van der Waals surface area contributed by atoms with Gasteiger partial charge in [-0.3, -0.25) is 0 Å². The van der Waals surface area contributed by atoms with Crippen LogP contribution in [0.3, 0.4) is 0 Å². The smallest absolute Gasteiger partial charge is 0.136 e. The van der Waals surface area contributed by atoms with Crippen LogP contribution in [0.2, 0.25) is 0 Å². The minimum Gasteiger partial charge on any atom is -0.457 e. The van der Waals surface area contributed by atoms with Crippen LogP contribution in [0.15, 0.2) is 263 Å². The highest BCUT2D eigenvalue weighted by molar-refractivity contribution is 7.99. The molecule has 12 aromatic rings. The monoisotopic (exact) mass is 935 g/mol. The van der Waals surface area contributed by atoms with Crippen molar-refractivity contribution in [3.8, 4) is 44.9 Å². The predicted molar refractivity (Wildman–Crippen MR) is 293 cm³/mol. The Bertz CT molecular complexity index is 4170. The van der Waals surface area contributed by atoms with Crippen LogP contribution in [0.1, 0.15) is 44.5 Å². The summed E-state index contributed by atoms with van der Waals surface area (Å²) in [5.74, 6) is 1.78. The van der Waals surface area contributed by atoms with Crippen LogP contribution < -0.4 is 9.64 Å². The van der Waals surface area contributed by atoms with Gasteiger partial charge in [0.15, 0.2) is 0 Å². The highest BCUT2D eigenvalue weighted by Crippen LogP contribution is 2.65. The van der Waals surface area contributed by atoms with Gasteiger partial charge in [-0.1, -0.05) is 188 Å². The van der Waals surface area contributed by atoms with Crippen molar-refractivity contribution in [3.05, 3.63) is 293 Å². The van der Waals surface area contributed by atoms with Crippen molar-refractivity contribution >= 4 is 50.8 Å². The van der Waals surface area contributed by atoms with Crippen molar-refractivity contribution in [2.45, 2.75) is 20.6 Å². The lowest BCUT2D eigenvalue weighted by Gasteiger charge is -2.40. The summed E-state index contributed by atoms with van der Waals surface area (Å²) in [6.45, 7) is 0. The zero-order chi connectivity index (χ0) is 47.1. The van der Waals surface area contributed by atoms with Crippen molar-refractivity contribution in [2.24, 2.45) is 0 Å². The summed E-state index contributed by atoms with van der Waals surface area (Å²) < 4.78 is 13.1. The van der Waals surface area contributed by atoms with E-state index in [1.165, 1.54) is 65.4 Å². The van der Waals surface area contributed by atoms with Crippen LogP contribution in [-0.4, -0.2) is 0 Å². The molecule has 0 bridgehead atoms. The molecule has 3 heterocycles. The largest absolute Gasteiger partial charge is 0.457 e. The molecule has 0 N–H and O–H groups in total. The average Bonchev–Trinajstić information content (AvgIpc) is 4.06. The number of para-hydroxylation sites is 3. The van der Waals surface area contributed by atoms with Gasteiger partial charge >= 0.3 is 0 Å². The molecule has 0 atom stereocenters. The van der Waals surface area contributed by atoms with Crippen LogP contribution in [0.5, 0.6) is 11.5 Å². The molecule has 11 aromatic carbocycles. The molecular formula is C68H41NO2S. The normalized spacial score (nSPS) is 14.4. The van der Waals surface area contributed by atoms with Crippen molar-refractivity contribution < 1.29 is 9.15 Å². The third kappa shape index (κ3) is 5.21. The van der Waals surface area contributed by atoms with Gasteiger partial charge < -0.3 is 14.1 Å². The van der Waals surface area contributed by atoms with Crippen molar-refractivity contribution in [1.29, 1.82) is 0 Å². The highest BCUT2D eigenvalue weighted by atomic mass is 32.2. The summed E-state index contributed by atoms with van der Waals surface area (Å²) in [6.07, 6.45) is 0. The fourth-order valence-corrected chi connectivity index (χ4v) is 14.4. The summed E-state index contributed by atoms with van der Waals surface area (Å²) in [7, 11) is 0. The molecule has 0 amide bonds. The van der Waals surface area contributed by atoms with Crippen LogP contribution >= 0.6 is 11.8 Å². The van der Waals surface area contributed by atoms with E-state index >= 15 is 0 Å². The minimum absolute atomic E-state index is 0.519. The van der Waals surface area contributed by atoms with Gasteiger partial charge in [0.25, 0.3) is 0 Å². The van der Waals surface area contributed by atoms with Crippen molar-refractivity contribution in [3.63, 3.8) is 0 Å². The Morgan fingerprint density at radius 1 is 0.319 bits per heavy atom. The Labute approximate surface area is 421 Å². The topological polar surface area (TPSA) is 25.6 Å². The Morgan fingerprint density at radius 2 is 0.806 bits per heavy atom. The fourth-order valence-electron chi connectivity index (χ4n) is 13.2. The SMILES string of the molecule is c1ccc2c(c1)Oc1ccccc1C21c2ccccc2-c2cc(N(c3ccc(-c4cccc5oc6ccccc6c45)cc3)c3ccc4c(c3)C3(c5ccccc5Sc5ccccc53)c3ccccc3-4)ccc21. The van der Waals surface area contributed by atoms with Gasteiger partial charge in [-0.2, -0.15) is 0 Å². The lowest BCUT2D eigenvalue weighted by molar-refractivity contribution is 0.436. The molecule has 4 aliphatic rings. The minimum atomic E-state index is -0.563. The maximum absolute atomic E-state index is 6.69. The van der Waals surface area contributed by atoms with Crippen LogP contribution in [-0.2, 0) is 10.8 Å². The fraction of sp³-hybridized carbons (Fsp3) is 0.0294. The molecule has 3 nitrogen and oxygen atoms in total. The number of benzene rings is 11. The molecule has 0 radical (unpaired) electrons.